The molecule has 0 aliphatic rings. The largest absolute Gasteiger partial charge is 0.455 e. The van der Waals surface area contributed by atoms with Gasteiger partial charge in [0.05, 0.1) is 4.70 Å². The molecular formula is C52H30OS. The Balaban J connectivity index is 1.07. The van der Waals surface area contributed by atoms with E-state index in [1.165, 1.54) is 96.6 Å². The van der Waals surface area contributed by atoms with Gasteiger partial charge in [-0.05, 0) is 101 Å². The molecule has 2 heterocycles. The molecule has 0 atom stereocenters. The highest BCUT2D eigenvalue weighted by molar-refractivity contribution is 7.26. The third-order valence-corrected chi connectivity index (χ3v) is 12.6. The molecule has 54 heavy (non-hydrogen) atoms. The lowest BCUT2D eigenvalue weighted by molar-refractivity contribution is 0.673. The van der Waals surface area contributed by atoms with Gasteiger partial charge in [-0.15, -0.1) is 11.3 Å². The van der Waals surface area contributed by atoms with Crippen LogP contribution in [0.25, 0.3) is 119 Å². The highest BCUT2D eigenvalue weighted by Gasteiger charge is 2.20. The van der Waals surface area contributed by atoms with Crippen molar-refractivity contribution in [3.63, 3.8) is 0 Å². The molecule has 0 aliphatic carbocycles. The Hall–Kier alpha value is -6.74. The van der Waals surface area contributed by atoms with Crippen molar-refractivity contribution in [2.24, 2.45) is 0 Å². The average Bonchev–Trinajstić information content (AvgIpc) is 3.81. The zero-order valence-corrected chi connectivity index (χ0v) is 30.0. The van der Waals surface area contributed by atoms with Gasteiger partial charge in [0.15, 0.2) is 5.58 Å². The molecule has 0 saturated heterocycles. The summed E-state index contributed by atoms with van der Waals surface area (Å²) in [5.74, 6) is 0. The van der Waals surface area contributed by atoms with Crippen LogP contribution in [0.3, 0.4) is 0 Å². The summed E-state index contributed by atoms with van der Waals surface area (Å²) in [6, 6.07) is 66.6. The fourth-order valence-electron chi connectivity index (χ4n) is 9.11. The second-order valence-corrected chi connectivity index (χ2v) is 15.4. The molecule has 0 aliphatic heterocycles. The first-order valence-electron chi connectivity index (χ1n) is 18.5. The fourth-order valence-corrected chi connectivity index (χ4v) is 10.3. The van der Waals surface area contributed by atoms with Crippen molar-refractivity contribution in [3.8, 4) is 33.4 Å². The van der Waals surface area contributed by atoms with Gasteiger partial charge in [-0.1, -0.05) is 158 Å². The van der Waals surface area contributed by atoms with Crippen LogP contribution in [0.4, 0.5) is 0 Å². The zero-order valence-electron chi connectivity index (χ0n) is 29.1. The minimum atomic E-state index is 0.918. The highest BCUT2D eigenvalue weighted by atomic mass is 32.1. The molecule has 0 saturated carbocycles. The lowest BCUT2D eigenvalue weighted by Crippen LogP contribution is -1.92. The summed E-state index contributed by atoms with van der Waals surface area (Å²) in [6.45, 7) is 0. The molecule has 0 fully saturated rings. The van der Waals surface area contributed by atoms with Crippen molar-refractivity contribution in [1.29, 1.82) is 0 Å². The molecule has 0 amide bonds. The smallest absolute Gasteiger partial charge is 0.153 e. The molecule has 12 rings (SSSR count). The van der Waals surface area contributed by atoms with Crippen molar-refractivity contribution in [1.82, 2.24) is 0 Å². The molecule has 0 radical (unpaired) electrons. The van der Waals surface area contributed by atoms with Gasteiger partial charge >= 0.3 is 0 Å². The van der Waals surface area contributed by atoms with Gasteiger partial charge in [-0.2, -0.15) is 0 Å². The predicted octanol–water partition coefficient (Wildman–Crippen LogP) is 15.6. The van der Waals surface area contributed by atoms with Crippen molar-refractivity contribution in [3.05, 3.63) is 182 Å². The number of hydrogen-bond donors (Lipinski definition) is 0. The van der Waals surface area contributed by atoms with Crippen molar-refractivity contribution >= 4 is 96.5 Å². The van der Waals surface area contributed by atoms with Gasteiger partial charge in [0.25, 0.3) is 0 Å². The molecular weight excluding hydrogens is 673 g/mol. The van der Waals surface area contributed by atoms with Gasteiger partial charge in [-0.3, -0.25) is 0 Å². The van der Waals surface area contributed by atoms with E-state index >= 15 is 0 Å². The third-order valence-electron chi connectivity index (χ3n) is 11.5. The van der Waals surface area contributed by atoms with Crippen LogP contribution >= 0.6 is 11.3 Å². The molecule has 0 spiro atoms. The Morgan fingerprint density at radius 2 is 0.944 bits per heavy atom. The van der Waals surface area contributed by atoms with Crippen molar-refractivity contribution < 1.29 is 4.42 Å². The van der Waals surface area contributed by atoms with E-state index in [2.05, 4.69) is 182 Å². The van der Waals surface area contributed by atoms with E-state index in [1.807, 2.05) is 11.3 Å². The molecule has 10 aromatic carbocycles. The normalized spacial score (nSPS) is 12.1. The Bertz CT molecular complexity index is 3440. The first kappa shape index (κ1) is 29.8. The van der Waals surface area contributed by atoms with Crippen LogP contribution in [-0.2, 0) is 0 Å². The Morgan fingerprint density at radius 3 is 1.69 bits per heavy atom. The Morgan fingerprint density at radius 1 is 0.352 bits per heavy atom. The molecule has 0 bridgehead atoms. The second kappa shape index (κ2) is 11.4. The lowest BCUT2D eigenvalue weighted by Gasteiger charge is -2.19. The first-order chi connectivity index (χ1) is 26.8. The lowest BCUT2D eigenvalue weighted by atomic mass is 9.84. The summed E-state index contributed by atoms with van der Waals surface area (Å²) in [5.41, 5.74) is 9.34. The molecule has 12 aromatic rings. The summed E-state index contributed by atoms with van der Waals surface area (Å²) < 4.78 is 9.20. The van der Waals surface area contributed by atoms with Gasteiger partial charge < -0.3 is 4.42 Å². The highest BCUT2D eigenvalue weighted by Crippen LogP contribution is 2.48. The first-order valence-corrected chi connectivity index (χ1v) is 19.3. The Labute approximate surface area is 314 Å². The molecule has 250 valence electrons. The quantitative estimate of drug-likeness (QED) is 0.167. The number of rotatable bonds is 3. The van der Waals surface area contributed by atoms with E-state index in [0.717, 1.165) is 21.9 Å². The Kier molecular flexibility index (Phi) is 6.28. The molecule has 2 aromatic heterocycles. The third kappa shape index (κ3) is 4.20. The SMILES string of the molecule is c1ccc(-c2c3ccccc3c(-c3ccc(-c4ccc5oc6c(ccc7c6sc6ccc8ccccc8c67)c5c4)c4ccccc34)c3ccccc23)cc1. The number of fused-ring (bicyclic) bond motifs is 12. The van der Waals surface area contributed by atoms with Crippen LogP contribution in [0.15, 0.2) is 186 Å². The zero-order chi connectivity index (χ0) is 35.3. The number of hydrogen-bond acceptors (Lipinski definition) is 2. The standard InChI is InChI=1S/C52H30OS/c1-2-13-32(14-3-1)48-38-18-8-10-20-40(38)49(41-21-11-9-19-39(41)48)42-25-24-34(36-16-6-7-17-37(36)42)33-22-28-46-45(30-33)43-26-27-44-50-35-15-5-4-12-31(35)23-29-47(50)54-52(44)51(43)53-46/h1-30H. The fraction of sp³-hybridized carbons (Fsp3) is 0. The van der Waals surface area contributed by atoms with Gasteiger partial charge in [0, 0.05) is 26.2 Å². The number of thiophene rings is 1. The predicted molar refractivity (Wildman–Crippen MR) is 233 cm³/mol. The minimum absolute atomic E-state index is 0.918. The topological polar surface area (TPSA) is 13.1 Å². The van der Waals surface area contributed by atoms with Gasteiger partial charge in [0.1, 0.15) is 5.58 Å². The summed E-state index contributed by atoms with van der Waals surface area (Å²) in [4.78, 5) is 0. The van der Waals surface area contributed by atoms with Crippen LogP contribution in [-0.4, -0.2) is 0 Å². The second-order valence-electron chi connectivity index (χ2n) is 14.3. The van der Waals surface area contributed by atoms with Crippen LogP contribution in [0.5, 0.6) is 0 Å². The van der Waals surface area contributed by atoms with Crippen LogP contribution < -0.4 is 0 Å². The number of furan rings is 1. The molecule has 1 nitrogen and oxygen atoms in total. The molecule has 0 unspecified atom stereocenters. The van der Waals surface area contributed by atoms with E-state index in [4.69, 9.17) is 4.42 Å². The summed E-state index contributed by atoms with van der Waals surface area (Å²) in [6.07, 6.45) is 0. The average molecular weight is 703 g/mol. The maximum atomic E-state index is 6.70. The van der Waals surface area contributed by atoms with E-state index in [1.54, 1.807) is 0 Å². The van der Waals surface area contributed by atoms with Gasteiger partial charge in [0.2, 0.25) is 0 Å². The monoisotopic (exact) mass is 702 g/mol. The van der Waals surface area contributed by atoms with Crippen molar-refractivity contribution in [2.45, 2.75) is 0 Å². The number of benzene rings is 10. The summed E-state index contributed by atoms with van der Waals surface area (Å²) in [5, 5.41) is 15.0. The van der Waals surface area contributed by atoms with Crippen LogP contribution in [0, 0.1) is 0 Å². The summed E-state index contributed by atoms with van der Waals surface area (Å²) >= 11 is 1.83. The molecule has 0 N–H and O–H groups in total. The van der Waals surface area contributed by atoms with Crippen molar-refractivity contribution in [2.75, 3.05) is 0 Å². The van der Waals surface area contributed by atoms with E-state index < -0.39 is 0 Å². The van der Waals surface area contributed by atoms with Gasteiger partial charge in [-0.25, -0.2) is 0 Å². The van der Waals surface area contributed by atoms with E-state index in [9.17, 15) is 0 Å². The maximum absolute atomic E-state index is 6.70. The van der Waals surface area contributed by atoms with Crippen LogP contribution in [0.2, 0.25) is 0 Å². The van der Waals surface area contributed by atoms with E-state index in [-0.39, 0.29) is 0 Å². The minimum Gasteiger partial charge on any atom is -0.455 e. The van der Waals surface area contributed by atoms with E-state index in [0.29, 0.717) is 0 Å². The maximum Gasteiger partial charge on any atom is 0.153 e. The van der Waals surface area contributed by atoms with Crippen LogP contribution in [0.1, 0.15) is 0 Å². The molecule has 2 heteroatoms. The summed E-state index contributed by atoms with van der Waals surface area (Å²) in [7, 11) is 0.